The quantitative estimate of drug-likeness (QED) is 0.192. The van der Waals surface area contributed by atoms with Crippen molar-refractivity contribution in [3.05, 3.63) is 60.7 Å². The van der Waals surface area contributed by atoms with Gasteiger partial charge in [-0.2, -0.15) is 0 Å². The van der Waals surface area contributed by atoms with Gasteiger partial charge in [0.25, 0.3) is 0 Å². The minimum atomic E-state index is 0.703. The number of hydrogen-bond donors (Lipinski definition) is 0. The van der Waals surface area contributed by atoms with Gasteiger partial charge in [-0.1, -0.05) is 86.6 Å². The first-order chi connectivity index (χ1) is 15.8. The maximum absolute atomic E-state index is 4.60. The molecule has 8 heteroatoms. The summed E-state index contributed by atoms with van der Waals surface area (Å²) in [5.74, 6) is 3.42. The van der Waals surface area contributed by atoms with Crippen LogP contribution in [0.4, 0.5) is 0 Å². The molecular formula is C24H28N6S2. The molecular weight excluding hydrogens is 436 g/mol. The lowest BCUT2D eigenvalue weighted by molar-refractivity contribution is 0.855. The monoisotopic (exact) mass is 464 g/mol. The number of rotatable bonds is 11. The summed E-state index contributed by atoms with van der Waals surface area (Å²) in [5.41, 5.74) is 2.04. The maximum atomic E-state index is 4.60. The molecule has 0 saturated carbocycles. The predicted molar refractivity (Wildman–Crippen MR) is 133 cm³/mol. The van der Waals surface area contributed by atoms with Gasteiger partial charge in [-0.25, -0.2) is 0 Å². The third-order valence-electron chi connectivity index (χ3n) is 4.95. The first-order valence-corrected chi connectivity index (χ1v) is 13.1. The number of benzene rings is 2. The highest BCUT2D eigenvalue weighted by Crippen LogP contribution is 2.31. The van der Waals surface area contributed by atoms with Crippen molar-refractivity contribution in [2.75, 3.05) is 11.5 Å². The Hall–Kier alpha value is -2.58. The van der Waals surface area contributed by atoms with E-state index < -0.39 is 0 Å². The average Bonchev–Trinajstić information content (AvgIpc) is 3.45. The van der Waals surface area contributed by atoms with E-state index in [-0.39, 0.29) is 0 Å². The molecule has 0 N–H and O–H groups in total. The third kappa shape index (κ3) is 5.07. The second-order valence-corrected chi connectivity index (χ2v) is 9.48. The lowest BCUT2D eigenvalue weighted by Gasteiger charge is -2.12. The first-order valence-electron chi connectivity index (χ1n) is 11.1. The first kappa shape index (κ1) is 22.6. The summed E-state index contributed by atoms with van der Waals surface area (Å²) < 4.78 is 4.20. The van der Waals surface area contributed by atoms with Crippen molar-refractivity contribution in [3.63, 3.8) is 0 Å². The van der Waals surface area contributed by atoms with Crippen molar-refractivity contribution in [3.8, 4) is 23.0 Å². The largest absolute Gasteiger partial charge is 0.267 e. The van der Waals surface area contributed by atoms with E-state index in [4.69, 9.17) is 0 Å². The Labute approximate surface area is 197 Å². The van der Waals surface area contributed by atoms with Crippen LogP contribution < -0.4 is 0 Å². The maximum Gasteiger partial charge on any atom is 0.207 e. The van der Waals surface area contributed by atoms with Crippen LogP contribution in [-0.2, 0) is 0 Å². The molecule has 0 unspecified atom stereocenters. The lowest BCUT2D eigenvalue weighted by Crippen LogP contribution is -2.05. The number of nitrogens with zero attached hydrogens (tertiary/aromatic N) is 6. The van der Waals surface area contributed by atoms with Crippen molar-refractivity contribution in [2.24, 2.45) is 0 Å². The summed E-state index contributed by atoms with van der Waals surface area (Å²) >= 11 is 3.47. The van der Waals surface area contributed by atoms with Gasteiger partial charge >= 0.3 is 0 Å². The van der Waals surface area contributed by atoms with Crippen LogP contribution in [-0.4, -0.2) is 41.0 Å². The predicted octanol–water partition coefficient (Wildman–Crippen LogP) is 6.30. The fraction of sp³-hybridized carbons (Fsp3) is 0.333. The third-order valence-corrected chi connectivity index (χ3v) is 6.98. The Morgan fingerprint density at radius 2 is 1.00 bits per heavy atom. The van der Waals surface area contributed by atoms with E-state index >= 15 is 0 Å². The number of para-hydroxylation sites is 2. The van der Waals surface area contributed by atoms with E-state index in [1.165, 1.54) is 0 Å². The van der Waals surface area contributed by atoms with E-state index in [9.17, 15) is 0 Å². The zero-order valence-corrected chi connectivity index (χ0v) is 20.1. The molecule has 0 spiro atoms. The fourth-order valence-corrected chi connectivity index (χ4v) is 5.32. The lowest BCUT2D eigenvalue weighted by atomic mass is 10.3. The molecule has 32 heavy (non-hydrogen) atoms. The summed E-state index contributed by atoms with van der Waals surface area (Å²) in [6.07, 6.45) is 4.58. The highest BCUT2D eigenvalue weighted by molar-refractivity contribution is 7.99. The van der Waals surface area contributed by atoms with E-state index in [0.717, 1.165) is 58.9 Å². The number of aromatic nitrogens is 6. The fourth-order valence-electron chi connectivity index (χ4n) is 3.25. The molecule has 4 rings (SSSR count). The summed E-state index contributed by atoms with van der Waals surface area (Å²) in [6, 6.07) is 20.5. The molecule has 0 bridgehead atoms. The van der Waals surface area contributed by atoms with Crippen molar-refractivity contribution in [1.82, 2.24) is 29.5 Å². The molecule has 2 aromatic carbocycles. The normalized spacial score (nSPS) is 11.2. The Kier molecular flexibility index (Phi) is 8.01. The van der Waals surface area contributed by atoms with Gasteiger partial charge in [-0.05, 0) is 37.1 Å². The van der Waals surface area contributed by atoms with Crippen molar-refractivity contribution >= 4 is 23.5 Å². The molecule has 0 fully saturated rings. The second-order valence-electron chi connectivity index (χ2n) is 7.36. The molecule has 0 amide bonds. The van der Waals surface area contributed by atoms with Crippen LogP contribution in [0.15, 0.2) is 71.0 Å². The molecule has 0 aliphatic heterocycles. The van der Waals surface area contributed by atoms with Gasteiger partial charge in [0, 0.05) is 22.9 Å². The summed E-state index contributed by atoms with van der Waals surface area (Å²) in [6.45, 7) is 4.40. The summed E-state index contributed by atoms with van der Waals surface area (Å²) in [7, 11) is 0. The SMILES string of the molecule is CCCCSc1nnc(-c2nnc(SCCCC)n2-c2ccccc2)n1-c1ccccc1. The molecule has 166 valence electrons. The van der Waals surface area contributed by atoms with Crippen LogP contribution in [0.3, 0.4) is 0 Å². The Balaban J connectivity index is 1.82. The molecule has 0 atom stereocenters. The Morgan fingerprint density at radius 3 is 1.38 bits per heavy atom. The van der Waals surface area contributed by atoms with E-state index in [1.54, 1.807) is 23.5 Å². The minimum absolute atomic E-state index is 0.703. The highest BCUT2D eigenvalue weighted by atomic mass is 32.2. The van der Waals surface area contributed by atoms with Gasteiger partial charge in [0.2, 0.25) is 11.6 Å². The number of thioether (sulfide) groups is 2. The molecule has 2 heterocycles. The van der Waals surface area contributed by atoms with Gasteiger partial charge in [-0.3, -0.25) is 9.13 Å². The average molecular weight is 465 g/mol. The Bertz CT molecular complexity index is 1020. The van der Waals surface area contributed by atoms with E-state index in [2.05, 4.69) is 67.6 Å². The van der Waals surface area contributed by atoms with Gasteiger partial charge in [0.15, 0.2) is 10.3 Å². The van der Waals surface area contributed by atoms with Crippen molar-refractivity contribution < 1.29 is 0 Å². The molecule has 0 radical (unpaired) electrons. The second kappa shape index (κ2) is 11.3. The van der Waals surface area contributed by atoms with Crippen LogP contribution in [0.2, 0.25) is 0 Å². The van der Waals surface area contributed by atoms with Crippen LogP contribution >= 0.6 is 23.5 Å². The molecule has 6 nitrogen and oxygen atoms in total. The number of unbranched alkanes of at least 4 members (excludes halogenated alkanes) is 2. The molecule has 0 aliphatic carbocycles. The number of hydrogen-bond acceptors (Lipinski definition) is 6. The summed E-state index contributed by atoms with van der Waals surface area (Å²) in [4.78, 5) is 0. The van der Waals surface area contributed by atoms with Crippen molar-refractivity contribution in [2.45, 2.75) is 49.8 Å². The van der Waals surface area contributed by atoms with Gasteiger partial charge in [-0.15, -0.1) is 20.4 Å². The van der Waals surface area contributed by atoms with E-state index in [0.29, 0.717) is 11.6 Å². The van der Waals surface area contributed by atoms with Gasteiger partial charge < -0.3 is 0 Å². The zero-order chi connectivity index (χ0) is 22.2. The highest BCUT2D eigenvalue weighted by Gasteiger charge is 2.24. The minimum Gasteiger partial charge on any atom is -0.267 e. The Morgan fingerprint density at radius 1 is 0.594 bits per heavy atom. The molecule has 0 aliphatic rings. The molecule has 2 aromatic heterocycles. The van der Waals surface area contributed by atoms with Crippen LogP contribution in [0.25, 0.3) is 23.0 Å². The van der Waals surface area contributed by atoms with Crippen LogP contribution in [0.1, 0.15) is 39.5 Å². The molecule has 0 saturated heterocycles. The van der Waals surface area contributed by atoms with E-state index in [1.807, 2.05) is 36.4 Å². The zero-order valence-electron chi connectivity index (χ0n) is 18.5. The molecule has 4 aromatic rings. The van der Waals surface area contributed by atoms with Gasteiger partial charge in [0.05, 0.1) is 0 Å². The van der Waals surface area contributed by atoms with Gasteiger partial charge in [0.1, 0.15) is 0 Å². The summed E-state index contributed by atoms with van der Waals surface area (Å²) in [5, 5.41) is 20.0. The van der Waals surface area contributed by atoms with Crippen LogP contribution in [0.5, 0.6) is 0 Å². The standard InChI is InChI=1S/C24H28N6S2/c1-3-5-17-31-23-27-25-21(29(23)19-13-9-7-10-14-19)22-26-28-24(32-18-6-4-2)30(22)20-15-11-8-12-16-20/h7-16H,3-6,17-18H2,1-2H3. The van der Waals surface area contributed by atoms with Crippen molar-refractivity contribution in [1.29, 1.82) is 0 Å². The topological polar surface area (TPSA) is 61.4 Å². The smallest absolute Gasteiger partial charge is 0.207 e. The van der Waals surface area contributed by atoms with Crippen LogP contribution in [0, 0.1) is 0 Å².